The second kappa shape index (κ2) is 9.14. The predicted octanol–water partition coefficient (Wildman–Crippen LogP) is 5.54. The monoisotopic (exact) mass is 502 g/mol. The van der Waals surface area contributed by atoms with Crippen LogP contribution >= 0.6 is 35.0 Å². The number of carbonyl (C=O) groups excluding carboxylic acids is 1. The molecule has 0 aliphatic carbocycles. The number of rotatable bonds is 5. The normalized spacial score (nSPS) is 15.8. The molecule has 0 atom stereocenters. The topological polar surface area (TPSA) is 129 Å². The second-order valence-corrected chi connectivity index (χ2v) is 8.54. The molecule has 0 bridgehead atoms. The van der Waals surface area contributed by atoms with E-state index in [4.69, 9.17) is 27.6 Å². The van der Waals surface area contributed by atoms with Gasteiger partial charge in [0, 0.05) is 11.6 Å². The number of carboxylic acid groups (broad SMARTS) is 2. The van der Waals surface area contributed by atoms with E-state index in [1.165, 1.54) is 18.2 Å². The Kier molecular flexibility index (Phi) is 6.28. The molecule has 3 aromatic rings. The van der Waals surface area contributed by atoms with Crippen molar-refractivity contribution in [3.05, 3.63) is 80.4 Å². The summed E-state index contributed by atoms with van der Waals surface area (Å²) in [6, 6.07) is 11.9. The summed E-state index contributed by atoms with van der Waals surface area (Å²) < 4.78 is 5.77. The lowest BCUT2D eigenvalue weighted by Gasteiger charge is -2.02. The van der Waals surface area contributed by atoms with Crippen LogP contribution in [-0.2, 0) is 4.79 Å². The Morgan fingerprint density at radius 3 is 2.30 bits per heavy atom. The fraction of sp³-hybridized carbons (Fsp3) is 0. The molecule has 8 nitrogen and oxygen atoms in total. The van der Waals surface area contributed by atoms with E-state index in [9.17, 15) is 24.6 Å². The van der Waals surface area contributed by atoms with Crippen molar-refractivity contribution in [2.45, 2.75) is 0 Å². The number of carboxylic acids is 2. The molecule has 1 aliphatic heterocycles. The number of aliphatic imine (C=N–C) groups is 1. The van der Waals surface area contributed by atoms with E-state index >= 15 is 0 Å². The number of hydrogen-bond acceptors (Lipinski definition) is 6. The van der Waals surface area contributed by atoms with Crippen LogP contribution in [0.4, 0.5) is 5.69 Å². The molecule has 11 heteroatoms. The van der Waals surface area contributed by atoms with Crippen molar-refractivity contribution in [1.82, 2.24) is 5.32 Å². The van der Waals surface area contributed by atoms with E-state index in [2.05, 4.69) is 10.3 Å². The highest BCUT2D eigenvalue weighted by molar-refractivity contribution is 8.18. The number of amidine groups is 1. The maximum absolute atomic E-state index is 12.3. The van der Waals surface area contributed by atoms with Crippen LogP contribution in [0.1, 0.15) is 26.5 Å². The number of hydrogen-bond donors (Lipinski definition) is 3. The zero-order valence-electron chi connectivity index (χ0n) is 16.3. The third-order valence-corrected chi connectivity index (χ3v) is 6.05. The number of benzene rings is 2. The van der Waals surface area contributed by atoms with Crippen LogP contribution in [0.25, 0.3) is 17.4 Å². The Hall–Kier alpha value is -3.53. The maximum Gasteiger partial charge on any atom is 0.335 e. The quantitative estimate of drug-likeness (QED) is 0.390. The third-order valence-electron chi connectivity index (χ3n) is 4.40. The van der Waals surface area contributed by atoms with Crippen molar-refractivity contribution in [3.63, 3.8) is 0 Å². The zero-order valence-corrected chi connectivity index (χ0v) is 18.7. The van der Waals surface area contributed by atoms with Gasteiger partial charge in [0.15, 0.2) is 5.17 Å². The summed E-state index contributed by atoms with van der Waals surface area (Å²) in [5.74, 6) is -2.07. The first-order chi connectivity index (χ1) is 15.7. The van der Waals surface area contributed by atoms with Crippen LogP contribution in [0, 0.1) is 0 Å². The molecule has 0 radical (unpaired) electrons. The summed E-state index contributed by atoms with van der Waals surface area (Å²) in [5, 5.41) is 21.9. The van der Waals surface area contributed by atoms with Gasteiger partial charge >= 0.3 is 11.9 Å². The Labute approximate surface area is 200 Å². The third kappa shape index (κ3) is 5.11. The van der Waals surface area contributed by atoms with Gasteiger partial charge < -0.3 is 19.9 Å². The molecule has 33 heavy (non-hydrogen) atoms. The van der Waals surface area contributed by atoms with Crippen molar-refractivity contribution < 1.29 is 29.0 Å². The number of halogens is 2. The second-order valence-electron chi connectivity index (χ2n) is 6.69. The van der Waals surface area contributed by atoms with Gasteiger partial charge in [0.1, 0.15) is 11.5 Å². The van der Waals surface area contributed by atoms with Crippen molar-refractivity contribution in [1.29, 1.82) is 0 Å². The van der Waals surface area contributed by atoms with Crippen LogP contribution < -0.4 is 5.32 Å². The highest BCUT2D eigenvalue weighted by atomic mass is 35.5. The van der Waals surface area contributed by atoms with Crippen molar-refractivity contribution in [2.24, 2.45) is 4.99 Å². The molecule has 0 unspecified atom stereocenters. The molecule has 1 fully saturated rings. The molecule has 0 saturated carbocycles. The van der Waals surface area contributed by atoms with Crippen LogP contribution in [0.3, 0.4) is 0 Å². The Bertz CT molecular complexity index is 1350. The van der Waals surface area contributed by atoms with Gasteiger partial charge in [0.25, 0.3) is 5.91 Å². The number of nitrogens with zero attached hydrogens (tertiary/aromatic N) is 1. The largest absolute Gasteiger partial charge is 0.478 e. The van der Waals surface area contributed by atoms with E-state index in [1.807, 2.05) is 0 Å². The minimum Gasteiger partial charge on any atom is -0.478 e. The van der Waals surface area contributed by atoms with Crippen molar-refractivity contribution in [3.8, 4) is 11.3 Å². The summed E-state index contributed by atoms with van der Waals surface area (Å²) in [4.78, 5) is 39.3. The highest BCUT2D eigenvalue weighted by Crippen LogP contribution is 2.32. The van der Waals surface area contributed by atoms with Gasteiger partial charge in [0.2, 0.25) is 0 Å². The summed E-state index contributed by atoms with van der Waals surface area (Å²) in [6.45, 7) is 0. The molecule has 1 amide bonds. The molecule has 4 rings (SSSR count). The number of carbonyl (C=O) groups is 3. The van der Waals surface area contributed by atoms with Gasteiger partial charge in [-0.2, -0.15) is 0 Å². The lowest BCUT2D eigenvalue weighted by atomic mass is 10.1. The smallest absolute Gasteiger partial charge is 0.335 e. The maximum atomic E-state index is 12.3. The van der Waals surface area contributed by atoms with Gasteiger partial charge in [-0.1, -0.05) is 23.2 Å². The summed E-state index contributed by atoms with van der Waals surface area (Å²) >= 11 is 13.0. The Balaban J connectivity index is 1.58. The molecule has 2 aromatic carbocycles. The minimum atomic E-state index is -1.29. The molecule has 1 aliphatic rings. The average molecular weight is 503 g/mol. The van der Waals surface area contributed by atoms with E-state index < -0.39 is 17.8 Å². The van der Waals surface area contributed by atoms with E-state index in [1.54, 1.807) is 30.3 Å². The Morgan fingerprint density at radius 1 is 0.970 bits per heavy atom. The Morgan fingerprint density at radius 2 is 1.67 bits per heavy atom. The number of amides is 1. The first-order valence-corrected chi connectivity index (χ1v) is 10.7. The van der Waals surface area contributed by atoms with E-state index in [-0.39, 0.29) is 26.9 Å². The van der Waals surface area contributed by atoms with Crippen molar-refractivity contribution in [2.75, 3.05) is 0 Å². The standard InChI is InChI=1S/C22H12Cl2N2O6S/c23-15-3-1-10(8-16(15)24)17-4-2-14(32-17)9-18-19(27)26-22(33-18)25-13-6-11(20(28)29)5-12(7-13)21(30)31/h1-9H,(H,28,29)(H,30,31)(H,25,26,27)/b18-9+. The number of nitrogens with one attached hydrogen (secondary N) is 1. The fourth-order valence-corrected chi connectivity index (χ4v) is 4.00. The van der Waals surface area contributed by atoms with Gasteiger partial charge in [-0.3, -0.25) is 4.79 Å². The van der Waals surface area contributed by atoms with Crippen LogP contribution in [0.2, 0.25) is 10.0 Å². The molecule has 2 heterocycles. The minimum absolute atomic E-state index is 0.0799. The van der Waals surface area contributed by atoms with Gasteiger partial charge in [-0.25, -0.2) is 14.6 Å². The van der Waals surface area contributed by atoms with Crippen LogP contribution in [-0.4, -0.2) is 33.2 Å². The average Bonchev–Trinajstić information content (AvgIpc) is 3.36. The van der Waals surface area contributed by atoms with Gasteiger partial charge in [0.05, 0.1) is 31.8 Å². The molecular weight excluding hydrogens is 491 g/mol. The van der Waals surface area contributed by atoms with Crippen molar-refractivity contribution >= 4 is 69.7 Å². The number of thioether (sulfide) groups is 1. The molecule has 0 spiro atoms. The molecule has 1 aromatic heterocycles. The van der Waals surface area contributed by atoms with E-state index in [0.29, 0.717) is 27.1 Å². The first kappa shape index (κ1) is 22.7. The zero-order chi connectivity index (χ0) is 23.7. The molecule has 1 saturated heterocycles. The molecule has 166 valence electrons. The predicted molar refractivity (Wildman–Crippen MR) is 125 cm³/mol. The lowest BCUT2D eigenvalue weighted by Crippen LogP contribution is -2.19. The van der Waals surface area contributed by atoms with E-state index in [0.717, 1.165) is 17.8 Å². The molecule has 3 N–H and O–H groups in total. The molecular formula is C22H12Cl2N2O6S. The van der Waals surface area contributed by atoms with Gasteiger partial charge in [-0.15, -0.1) is 0 Å². The fourth-order valence-electron chi connectivity index (χ4n) is 2.88. The van der Waals surface area contributed by atoms with Crippen LogP contribution in [0.15, 0.2) is 62.8 Å². The first-order valence-electron chi connectivity index (χ1n) is 9.16. The SMILES string of the molecule is O=C1NC(=Nc2cc(C(=O)O)cc(C(=O)O)c2)S/C1=C/c1ccc(-c2ccc(Cl)c(Cl)c2)o1. The van der Waals surface area contributed by atoms with Crippen LogP contribution in [0.5, 0.6) is 0 Å². The number of aromatic carboxylic acids is 2. The summed E-state index contributed by atoms with van der Waals surface area (Å²) in [5.41, 5.74) is 0.332. The lowest BCUT2D eigenvalue weighted by molar-refractivity contribution is -0.115. The van der Waals surface area contributed by atoms with Gasteiger partial charge in [-0.05, 0) is 60.3 Å². The summed E-state index contributed by atoms with van der Waals surface area (Å²) in [6.07, 6.45) is 1.53. The summed E-state index contributed by atoms with van der Waals surface area (Å²) in [7, 11) is 0. The number of furan rings is 1. The highest BCUT2D eigenvalue weighted by Gasteiger charge is 2.25.